The van der Waals surface area contributed by atoms with Gasteiger partial charge in [0.15, 0.2) is 11.7 Å². The van der Waals surface area contributed by atoms with Crippen LogP contribution in [0, 0.1) is 23.2 Å². The molecule has 200 valence electrons. The summed E-state index contributed by atoms with van der Waals surface area (Å²) in [5, 5.41) is 2.89. The van der Waals surface area contributed by atoms with Gasteiger partial charge in [-0.25, -0.2) is 8.42 Å². The number of nitrogens with zero attached hydrogens (tertiary/aromatic N) is 2. The highest BCUT2D eigenvalue weighted by atomic mass is 32.2. The van der Waals surface area contributed by atoms with E-state index in [4.69, 9.17) is 0 Å². The summed E-state index contributed by atoms with van der Waals surface area (Å²) in [5.74, 6) is -1.66. The first-order valence-corrected chi connectivity index (χ1v) is 15.4. The van der Waals surface area contributed by atoms with Crippen LogP contribution in [0.2, 0.25) is 0 Å². The molecule has 0 aromatic heterocycles. The predicted octanol–water partition coefficient (Wildman–Crippen LogP) is 3.09. The number of carbonyl (C=O) groups excluding carboxylic acids is 2. The second-order valence-electron chi connectivity index (χ2n) is 10.9. The van der Waals surface area contributed by atoms with Gasteiger partial charge in [-0.15, -0.1) is 4.40 Å². The largest absolute Gasteiger partial charge is 0.341 e. The summed E-state index contributed by atoms with van der Waals surface area (Å²) in [6.45, 7) is 10.8. The van der Waals surface area contributed by atoms with E-state index in [0.29, 0.717) is 24.8 Å². The van der Waals surface area contributed by atoms with Gasteiger partial charge in [-0.05, 0) is 49.3 Å². The van der Waals surface area contributed by atoms with Crippen LogP contribution in [0.3, 0.4) is 0 Å². The summed E-state index contributed by atoms with van der Waals surface area (Å²) in [5.41, 5.74) is -0.647. The number of amides is 1. The van der Waals surface area contributed by atoms with E-state index >= 15 is 0 Å². The third kappa shape index (κ3) is 6.26. The standard InChI is InChI=1S/C24H36N4O6S2/c1-15(2)9-11-24(5)14-28(12-10-16(3)4)23(30)20(21(24)29)22-25-18-8-7-17(26-35(6,31)32)13-19(18)36(33,34)27-22/h7-8,13,15-16,20,26H,9-12,14H2,1-6H3,(H,25,27). The van der Waals surface area contributed by atoms with Crippen molar-refractivity contribution in [2.24, 2.45) is 27.6 Å². The van der Waals surface area contributed by atoms with Crippen molar-refractivity contribution in [3.8, 4) is 0 Å². The molecule has 2 unspecified atom stereocenters. The molecule has 2 heterocycles. The highest BCUT2D eigenvalue weighted by Gasteiger charge is 2.51. The molecule has 1 aromatic carbocycles. The Morgan fingerprint density at radius 3 is 2.39 bits per heavy atom. The number of Topliss-reactive ketones (excluding diaryl/α,β-unsaturated/α-hetero) is 1. The number of amidine groups is 1. The average molecular weight is 541 g/mol. The van der Waals surface area contributed by atoms with Gasteiger partial charge in [0.1, 0.15) is 10.7 Å². The highest BCUT2D eigenvalue weighted by Crippen LogP contribution is 2.39. The minimum Gasteiger partial charge on any atom is -0.341 e. The summed E-state index contributed by atoms with van der Waals surface area (Å²) in [6, 6.07) is 3.95. The zero-order chi connectivity index (χ0) is 27.1. The molecule has 12 heteroatoms. The minimum absolute atomic E-state index is 0.0613. The SMILES string of the molecule is CC(C)CCN1CC(C)(CCC(C)C)C(=O)C(C2=NS(=O)(=O)c3cc(NS(C)(=O)=O)ccc3N2)C1=O. The normalized spacial score (nSPS) is 23.9. The van der Waals surface area contributed by atoms with Gasteiger partial charge < -0.3 is 10.2 Å². The molecule has 36 heavy (non-hydrogen) atoms. The highest BCUT2D eigenvalue weighted by molar-refractivity contribution is 7.92. The minimum atomic E-state index is -4.30. The topological polar surface area (TPSA) is 142 Å². The Labute approximate surface area is 214 Å². The van der Waals surface area contributed by atoms with Crippen LogP contribution in [-0.4, -0.2) is 58.6 Å². The van der Waals surface area contributed by atoms with E-state index in [1.54, 1.807) is 4.90 Å². The zero-order valence-corrected chi connectivity index (χ0v) is 23.3. The summed E-state index contributed by atoms with van der Waals surface area (Å²) in [6.07, 6.45) is 3.07. The second kappa shape index (κ2) is 10.1. The number of hydrogen-bond acceptors (Lipinski definition) is 7. The Kier molecular flexibility index (Phi) is 7.90. The number of piperidine rings is 1. The van der Waals surface area contributed by atoms with Crippen molar-refractivity contribution < 1.29 is 26.4 Å². The molecule has 2 aliphatic rings. The number of sulfonamides is 2. The van der Waals surface area contributed by atoms with Crippen LogP contribution in [0.5, 0.6) is 0 Å². The van der Waals surface area contributed by atoms with Gasteiger partial charge in [0.25, 0.3) is 10.0 Å². The Hall–Kier alpha value is -2.47. The van der Waals surface area contributed by atoms with Crippen LogP contribution < -0.4 is 10.0 Å². The lowest BCUT2D eigenvalue weighted by atomic mass is 9.71. The first kappa shape index (κ1) is 28.1. The molecule has 1 aromatic rings. The average Bonchev–Trinajstić information content (AvgIpc) is 2.73. The number of hydrogen-bond donors (Lipinski definition) is 2. The molecule has 0 aliphatic carbocycles. The Balaban J connectivity index is 2.02. The number of fused-ring (bicyclic) bond motifs is 1. The molecule has 2 atom stereocenters. The molecule has 1 amide bonds. The molecule has 0 bridgehead atoms. The quantitative estimate of drug-likeness (QED) is 0.458. The number of likely N-dealkylation sites (tertiary alicyclic amines) is 1. The van der Waals surface area contributed by atoms with Crippen molar-refractivity contribution in [3.05, 3.63) is 18.2 Å². The maximum atomic E-state index is 13.7. The third-order valence-electron chi connectivity index (χ3n) is 6.52. The van der Waals surface area contributed by atoms with Gasteiger partial charge in [0.05, 0.1) is 11.9 Å². The fraction of sp³-hybridized carbons (Fsp3) is 0.625. The van der Waals surface area contributed by atoms with E-state index in [9.17, 15) is 26.4 Å². The fourth-order valence-electron chi connectivity index (χ4n) is 4.46. The lowest BCUT2D eigenvalue weighted by Crippen LogP contribution is -2.59. The van der Waals surface area contributed by atoms with Gasteiger partial charge in [-0.3, -0.25) is 14.3 Å². The van der Waals surface area contributed by atoms with E-state index in [2.05, 4.69) is 42.1 Å². The van der Waals surface area contributed by atoms with Crippen molar-refractivity contribution in [2.45, 2.75) is 58.8 Å². The lowest BCUT2D eigenvalue weighted by molar-refractivity contribution is -0.151. The van der Waals surface area contributed by atoms with Crippen molar-refractivity contribution in [1.29, 1.82) is 0 Å². The molecule has 2 aliphatic heterocycles. The Morgan fingerprint density at radius 2 is 1.81 bits per heavy atom. The smallest absolute Gasteiger partial charge is 0.286 e. The van der Waals surface area contributed by atoms with Crippen LogP contribution in [0.4, 0.5) is 11.4 Å². The summed E-state index contributed by atoms with van der Waals surface area (Å²) >= 11 is 0. The van der Waals surface area contributed by atoms with Gasteiger partial charge in [-0.2, -0.15) is 8.42 Å². The van der Waals surface area contributed by atoms with E-state index < -0.39 is 37.3 Å². The molecule has 0 saturated carbocycles. The van der Waals surface area contributed by atoms with Crippen LogP contribution in [0.1, 0.15) is 53.9 Å². The molecular formula is C24H36N4O6S2. The van der Waals surface area contributed by atoms with Crippen LogP contribution >= 0.6 is 0 Å². The number of carbonyl (C=O) groups is 2. The van der Waals surface area contributed by atoms with Crippen molar-refractivity contribution in [1.82, 2.24) is 4.90 Å². The molecule has 1 saturated heterocycles. The van der Waals surface area contributed by atoms with E-state index in [1.807, 2.05) is 6.92 Å². The maximum absolute atomic E-state index is 13.7. The van der Waals surface area contributed by atoms with Gasteiger partial charge >= 0.3 is 0 Å². The predicted molar refractivity (Wildman–Crippen MR) is 140 cm³/mol. The summed E-state index contributed by atoms with van der Waals surface area (Å²) in [7, 11) is -7.93. The molecule has 0 radical (unpaired) electrons. The van der Waals surface area contributed by atoms with Crippen molar-refractivity contribution >= 4 is 48.9 Å². The molecule has 1 fully saturated rings. The van der Waals surface area contributed by atoms with E-state index in [-0.39, 0.29) is 34.4 Å². The van der Waals surface area contributed by atoms with Crippen molar-refractivity contribution in [2.75, 3.05) is 29.4 Å². The van der Waals surface area contributed by atoms with E-state index in [0.717, 1.165) is 25.2 Å². The number of anilines is 2. The van der Waals surface area contributed by atoms with E-state index in [1.165, 1.54) is 12.1 Å². The monoisotopic (exact) mass is 540 g/mol. The third-order valence-corrected chi connectivity index (χ3v) is 8.46. The summed E-state index contributed by atoms with van der Waals surface area (Å²) < 4.78 is 55.4. The first-order chi connectivity index (χ1) is 16.5. The van der Waals surface area contributed by atoms with Crippen LogP contribution in [0.15, 0.2) is 27.5 Å². The fourth-order valence-corrected chi connectivity index (χ4v) is 6.19. The van der Waals surface area contributed by atoms with Crippen LogP contribution in [-0.2, 0) is 29.6 Å². The molecule has 0 spiro atoms. The van der Waals surface area contributed by atoms with Crippen molar-refractivity contribution in [3.63, 3.8) is 0 Å². The molecule has 3 rings (SSSR count). The first-order valence-electron chi connectivity index (χ1n) is 12.1. The maximum Gasteiger partial charge on any atom is 0.286 e. The number of rotatable bonds is 9. The Bertz CT molecular complexity index is 1290. The number of ketones is 1. The molecular weight excluding hydrogens is 504 g/mol. The summed E-state index contributed by atoms with van der Waals surface area (Å²) in [4.78, 5) is 28.7. The second-order valence-corrected chi connectivity index (χ2v) is 14.2. The Morgan fingerprint density at radius 1 is 1.17 bits per heavy atom. The molecule has 10 nitrogen and oxygen atoms in total. The lowest BCUT2D eigenvalue weighted by Gasteiger charge is -2.43. The van der Waals surface area contributed by atoms with Gasteiger partial charge in [0, 0.05) is 24.2 Å². The number of nitrogens with one attached hydrogen (secondary N) is 2. The van der Waals surface area contributed by atoms with Crippen LogP contribution in [0.25, 0.3) is 0 Å². The number of benzene rings is 1. The zero-order valence-electron chi connectivity index (χ0n) is 21.7. The molecule has 2 N–H and O–H groups in total. The van der Waals surface area contributed by atoms with Gasteiger partial charge in [-0.1, -0.05) is 34.6 Å². The van der Waals surface area contributed by atoms with Gasteiger partial charge in [0.2, 0.25) is 15.9 Å².